The van der Waals surface area contributed by atoms with Crippen LogP contribution in [0.3, 0.4) is 0 Å². The summed E-state index contributed by atoms with van der Waals surface area (Å²) in [5.41, 5.74) is -2.07. The fourth-order valence-electron chi connectivity index (χ4n) is 2.54. The van der Waals surface area contributed by atoms with Crippen LogP contribution in [0.4, 0.5) is 18.9 Å². The topological polar surface area (TPSA) is 88.3 Å². The van der Waals surface area contributed by atoms with Gasteiger partial charge in [-0.3, -0.25) is 9.52 Å². The number of pyridine rings is 1. The molecule has 0 spiro atoms. The van der Waals surface area contributed by atoms with Gasteiger partial charge in [0.1, 0.15) is 5.75 Å². The Morgan fingerprint density at radius 3 is 2.48 bits per heavy atom. The number of nitrogens with one attached hydrogen (secondary N) is 2. The van der Waals surface area contributed by atoms with Crippen molar-refractivity contribution in [1.82, 2.24) is 4.98 Å². The second-order valence-corrected chi connectivity index (χ2v) is 7.27. The first-order valence-corrected chi connectivity index (χ1v) is 8.99. The monoisotopic (exact) mass is 398 g/mol. The molecule has 142 valence electrons. The van der Waals surface area contributed by atoms with Crippen LogP contribution in [-0.4, -0.2) is 20.5 Å². The summed E-state index contributed by atoms with van der Waals surface area (Å²) in [5.74, 6) is 0.408. The molecular weight excluding hydrogens is 385 g/mol. The van der Waals surface area contributed by atoms with Crippen molar-refractivity contribution in [2.75, 3.05) is 11.8 Å². The largest absolute Gasteiger partial charge is 0.497 e. The molecule has 0 unspecified atom stereocenters. The maximum absolute atomic E-state index is 13.2. The van der Waals surface area contributed by atoms with Gasteiger partial charge in [-0.05, 0) is 30.3 Å². The Bertz CT molecular complexity index is 1170. The van der Waals surface area contributed by atoms with Gasteiger partial charge < -0.3 is 9.72 Å². The number of ether oxygens (including phenoxy) is 1. The zero-order valence-corrected chi connectivity index (χ0v) is 14.6. The standard InChI is InChI=1S/C17H13F3N2O4S/c1-26-11-4-2-3-10(7-11)22-27(24,25)12-5-6-15-13(8-12)14(17(18,19)20)9-16(23)21-15/h2-9,22H,1H3,(H,21,23). The SMILES string of the molecule is COc1cccc(NS(=O)(=O)c2ccc3[nH]c(=O)cc(C(F)(F)F)c3c2)c1. The number of halogens is 3. The molecular formula is C17H13F3N2O4S. The van der Waals surface area contributed by atoms with Gasteiger partial charge in [0, 0.05) is 23.0 Å². The lowest BCUT2D eigenvalue weighted by Gasteiger charge is -2.13. The highest BCUT2D eigenvalue weighted by molar-refractivity contribution is 7.92. The van der Waals surface area contributed by atoms with Crippen LogP contribution in [-0.2, 0) is 16.2 Å². The predicted octanol–water partition coefficient (Wildman–Crippen LogP) is 3.36. The molecule has 0 radical (unpaired) electrons. The van der Waals surface area contributed by atoms with E-state index in [9.17, 15) is 26.4 Å². The number of anilines is 1. The Balaban J connectivity index is 2.10. The maximum atomic E-state index is 13.2. The van der Waals surface area contributed by atoms with Gasteiger partial charge in [0.15, 0.2) is 0 Å². The number of methoxy groups -OCH3 is 1. The first kappa shape index (κ1) is 18.8. The number of benzene rings is 2. The van der Waals surface area contributed by atoms with Crippen molar-refractivity contribution in [2.45, 2.75) is 11.1 Å². The minimum absolute atomic E-state index is 0.116. The van der Waals surface area contributed by atoms with Crippen molar-refractivity contribution >= 4 is 26.6 Å². The van der Waals surface area contributed by atoms with Crippen molar-refractivity contribution in [3.63, 3.8) is 0 Å². The lowest BCUT2D eigenvalue weighted by molar-refractivity contribution is -0.136. The van der Waals surface area contributed by atoms with Crippen LogP contribution in [0.5, 0.6) is 5.75 Å². The van der Waals surface area contributed by atoms with Crippen LogP contribution in [0.2, 0.25) is 0 Å². The number of hydrogen-bond donors (Lipinski definition) is 2. The Labute approximate surface area is 151 Å². The van der Waals surface area contributed by atoms with Crippen LogP contribution in [0.25, 0.3) is 10.9 Å². The molecule has 0 amide bonds. The van der Waals surface area contributed by atoms with Crippen LogP contribution >= 0.6 is 0 Å². The number of H-pyrrole nitrogens is 1. The van der Waals surface area contributed by atoms with Crippen LogP contribution in [0.15, 0.2) is 58.2 Å². The summed E-state index contributed by atoms with van der Waals surface area (Å²) < 4.78 is 72.1. The lowest BCUT2D eigenvalue weighted by Crippen LogP contribution is -2.16. The second-order valence-electron chi connectivity index (χ2n) is 5.59. The van der Waals surface area contributed by atoms with E-state index in [1.165, 1.54) is 19.2 Å². The van der Waals surface area contributed by atoms with Crippen molar-refractivity contribution in [3.8, 4) is 5.75 Å². The molecule has 1 aromatic heterocycles. The number of sulfonamides is 1. The fourth-order valence-corrected chi connectivity index (χ4v) is 3.61. The van der Waals surface area contributed by atoms with Crippen LogP contribution < -0.4 is 15.0 Å². The molecule has 0 bridgehead atoms. The number of alkyl halides is 3. The predicted molar refractivity (Wildman–Crippen MR) is 93.4 cm³/mol. The van der Waals surface area contributed by atoms with Gasteiger partial charge in [-0.1, -0.05) is 6.07 Å². The van der Waals surface area contributed by atoms with Crippen molar-refractivity contribution in [1.29, 1.82) is 0 Å². The zero-order valence-electron chi connectivity index (χ0n) is 13.8. The molecule has 0 aliphatic rings. The molecule has 10 heteroatoms. The molecule has 2 aromatic carbocycles. The van der Waals surface area contributed by atoms with E-state index >= 15 is 0 Å². The van der Waals surface area contributed by atoms with Crippen LogP contribution in [0, 0.1) is 0 Å². The summed E-state index contributed by atoms with van der Waals surface area (Å²) in [4.78, 5) is 13.3. The number of fused-ring (bicyclic) bond motifs is 1. The molecule has 0 saturated carbocycles. The molecule has 0 saturated heterocycles. The van der Waals surface area contributed by atoms with E-state index in [2.05, 4.69) is 9.71 Å². The van der Waals surface area contributed by atoms with E-state index in [0.29, 0.717) is 11.8 Å². The third kappa shape index (κ3) is 3.90. The minimum atomic E-state index is -4.81. The quantitative estimate of drug-likeness (QED) is 0.706. The molecule has 0 fully saturated rings. The lowest BCUT2D eigenvalue weighted by atomic mass is 10.1. The summed E-state index contributed by atoms with van der Waals surface area (Å²) in [5, 5.41) is -0.421. The van der Waals surface area contributed by atoms with Gasteiger partial charge in [0.25, 0.3) is 10.0 Å². The van der Waals surface area contributed by atoms with Gasteiger partial charge in [-0.15, -0.1) is 0 Å². The highest BCUT2D eigenvalue weighted by Gasteiger charge is 2.33. The summed E-state index contributed by atoms with van der Waals surface area (Å²) in [6, 6.07) is 9.57. The normalized spacial score (nSPS) is 12.1. The molecule has 3 rings (SSSR count). The summed E-state index contributed by atoms with van der Waals surface area (Å²) in [6.45, 7) is 0. The number of rotatable bonds is 4. The van der Waals surface area contributed by atoms with E-state index in [1.807, 2.05) is 0 Å². The van der Waals surface area contributed by atoms with Gasteiger partial charge in [-0.25, -0.2) is 8.42 Å². The average Bonchev–Trinajstić information content (AvgIpc) is 2.59. The van der Waals surface area contributed by atoms with Gasteiger partial charge in [-0.2, -0.15) is 13.2 Å². The molecule has 0 aliphatic heterocycles. The first-order chi connectivity index (χ1) is 12.6. The van der Waals surface area contributed by atoms with Crippen molar-refractivity contribution in [2.24, 2.45) is 0 Å². The fraction of sp³-hybridized carbons (Fsp3) is 0.118. The minimum Gasteiger partial charge on any atom is -0.497 e. The van der Waals surface area contributed by atoms with Crippen LogP contribution in [0.1, 0.15) is 5.56 Å². The Kier molecular flexibility index (Phi) is 4.60. The number of aromatic amines is 1. The van der Waals surface area contributed by atoms with E-state index in [-0.39, 0.29) is 16.1 Å². The van der Waals surface area contributed by atoms with Gasteiger partial charge in [0.2, 0.25) is 5.56 Å². The van der Waals surface area contributed by atoms with Crippen molar-refractivity contribution < 1.29 is 26.3 Å². The van der Waals surface area contributed by atoms with E-state index in [0.717, 1.165) is 18.2 Å². The van der Waals surface area contributed by atoms with Gasteiger partial charge >= 0.3 is 6.18 Å². The van der Waals surface area contributed by atoms with E-state index < -0.39 is 32.7 Å². The molecule has 0 atom stereocenters. The Hall–Kier alpha value is -3.01. The summed E-state index contributed by atoms with van der Waals surface area (Å²) >= 11 is 0. The van der Waals surface area contributed by atoms with E-state index in [1.54, 1.807) is 12.1 Å². The highest BCUT2D eigenvalue weighted by atomic mass is 32.2. The zero-order chi connectivity index (χ0) is 19.8. The summed E-state index contributed by atoms with van der Waals surface area (Å²) in [6.07, 6.45) is -4.81. The third-order valence-corrected chi connectivity index (χ3v) is 5.13. The highest BCUT2D eigenvalue weighted by Crippen LogP contribution is 2.34. The Morgan fingerprint density at radius 2 is 1.81 bits per heavy atom. The molecule has 2 N–H and O–H groups in total. The third-order valence-electron chi connectivity index (χ3n) is 3.75. The van der Waals surface area contributed by atoms with Crippen molar-refractivity contribution in [3.05, 3.63) is 64.4 Å². The number of hydrogen-bond acceptors (Lipinski definition) is 4. The molecule has 3 aromatic rings. The Morgan fingerprint density at radius 1 is 1.07 bits per heavy atom. The summed E-state index contributed by atoms with van der Waals surface area (Å²) in [7, 11) is -2.75. The molecule has 1 heterocycles. The molecule has 6 nitrogen and oxygen atoms in total. The maximum Gasteiger partial charge on any atom is 0.417 e. The first-order valence-electron chi connectivity index (χ1n) is 7.51. The second kappa shape index (κ2) is 6.62. The molecule has 27 heavy (non-hydrogen) atoms. The molecule has 0 aliphatic carbocycles. The van der Waals surface area contributed by atoms with E-state index in [4.69, 9.17) is 4.74 Å². The smallest absolute Gasteiger partial charge is 0.417 e. The number of aromatic nitrogens is 1. The van der Waals surface area contributed by atoms with Gasteiger partial charge in [0.05, 0.1) is 23.3 Å². The average molecular weight is 398 g/mol.